The maximum atomic E-state index is 11.6. The molecule has 4 heteroatoms. The largest absolute Gasteiger partial charge is 0.392 e. The van der Waals surface area contributed by atoms with Gasteiger partial charge in [0.05, 0.1) is 11.0 Å². The van der Waals surface area contributed by atoms with Crippen molar-refractivity contribution >= 4 is 23.1 Å². The van der Waals surface area contributed by atoms with Crippen molar-refractivity contribution in [3.8, 4) is 0 Å². The summed E-state index contributed by atoms with van der Waals surface area (Å²) in [5, 5.41) is 2.79. The third-order valence-electron chi connectivity index (χ3n) is 2.30. The highest BCUT2D eigenvalue weighted by molar-refractivity contribution is 7.80. The van der Waals surface area contributed by atoms with Gasteiger partial charge in [-0.2, -0.15) is 0 Å². The number of amides is 1. The molecule has 0 aromatic rings. The van der Waals surface area contributed by atoms with Gasteiger partial charge in [0.1, 0.15) is 0 Å². The molecule has 0 saturated carbocycles. The zero-order chi connectivity index (χ0) is 12.9. The van der Waals surface area contributed by atoms with Crippen molar-refractivity contribution in [2.45, 2.75) is 53.5 Å². The fourth-order valence-corrected chi connectivity index (χ4v) is 1.86. The monoisotopic (exact) mass is 244 g/mol. The molecule has 2 unspecified atom stereocenters. The average Bonchev–Trinajstić information content (AvgIpc) is 1.98. The Morgan fingerprint density at radius 3 is 2.25 bits per heavy atom. The summed E-state index contributed by atoms with van der Waals surface area (Å²) in [5.74, 6) is 0.399. The molecule has 0 aliphatic heterocycles. The van der Waals surface area contributed by atoms with Gasteiger partial charge in [0.15, 0.2) is 0 Å². The normalized spacial score (nSPS) is 15.3. The van der Waals surface area contributed by atoms with Crippen LogP contribution in [0.1, 0.15) is 47.5 Å². The summed E-state index contributed by atoms with van der Waals surface area (Å²) in [4.78, 5) is 12.0. The fourth-order valence-electron chi connectivity index (χ4n) is 1.81. The molecule has 0 aliphatic carbocycles. The summed E-state index contributed by atoms with van der Waals surface area (Å²) in [6.07, 6.45) is 1.56. The number of hydrogen-bond acceptors (Lipinski definition) is 2. The molecule has 0 bridgehead atoms. The first kappa shape index (κ1) is 15.4. The van der Waals surface area contributed by atoms with Crippen LogP contribution in [-0.4, -0.2) is 16.9 Å². The van der Waals surface area contributed by atoms with E-state index in [-0.39, 0.29) is 17.4 Å². The van der Waals surface area contributed by atoms with Crippen molar-refractivity contribution in [2.75, 3.05) is 0 Å². The smallest absolute Gasteiger partial charge is 0.220 e. The number of carbonyl (C=O) groups is 1. The summed E-state index contributed by atoms with van der Waals surface area (Å²) in [5.41, 5.74) is 5.69. The average molecular weight is 244 g/mol. The second-order valence-electron chi connectivity index (χ2n) is 5.77. The lowest BCUT2D eigenvalue weighted by Gasteiger charge is -2.23. The van der Waals surface area contributed by atoms with E-state index in [4.69, 9.17) is 18.0 Å². The van der Waals surface area contributed by atoms with E-state index in [0.717, 1.165) is 6.42 Å². The molecular weight excluding hydrogens is 220 g/mol. The summed E-state index contributed by atoms with van der Waals surface area (Å²) in [7, 11) is 0. The molecule has 0 rings (SSSR count). The Morgan fingerprint density at radius 2 is 1.88 bits per heavy atom. The minimum absolute atomic E-state index is 0.0250. The molecule has 0 fully saturated rings. The van der Waals surface area contributed by atoms with Gasteiger partial charge in [0.2, 0.25) is 5.91 Å². The van der Waals surface area contributed by atoms with Crippen molar-refractivity contribution in [2.24, 2.45) is 17.1 Å². The molecule has 0 aliphatic rings. The Morgan fingerprint density at radius 1 is 1.38 bits per heavy atom. The van der Waals surface area contributed by atoms with Crippen LogP contribution in [0, 0.1) is 11.3 Å². The lowest BCUT2D eigenvalue weighted by Crippen LogP contribution is -2.41. The van der Waals surface area contributed by atoms with Crippen LogP contribution in [0.5, 0.6) is 0 Å². The van der Waals surface area contributed by atoms with Crippen LogP contribution in [0.25, 0.3) is 0 Å². The van der Waals surface area contributed by atoms with Crippen molar-refractivity contribution in [1.82, 2.24) is 5.32 Å². The SMILES string of the molecule is CC(CC(=O)NC(C)C(N)=S)CC(C)(C)C. The van der Waals surface area contributed by atoms with E-state index in [1.54, 1.807) is 6.92 Å². The van der Waals surface area contributed by atoms with Crippen molar-refractivity contribution in [1.29, 1.82) is 0 Å². The molecule has 94 valence electrons. The van der Waals surface area contributed by atoms with Gasteiger partial charge in [0, 0.05) is 6.42 Å². The predicted octanol–water partition coefficient (Wildman–Crippen LogP) is 2.24. The first-order chi connectivity index (χ1) is 7.11. The Labute approximate surface area is 104 Å². The van der Waals surface area contributed by atoms with Gasteiger partial charge in [-0.05, 0) is 24.7 Å². The number of carbonyl (C=O) groups excluding carboxylic acids is 1. The predicted molar refractivity (Wildman–Crippen MR) is 72.2 cm³/mol. The van der Waals surface area contributed by atoms with Gasteiger partial charge in [-0.3, -0.25) is 4.79 Å². The minimum atomic E-state index is -0.218. The first-order valence-corrected chi connectivity index (χ1v) is 6.11. The third-order valence-corrected chi connectivity index (χ3v) is 2.65. The summed E-state index contributed by atoms with van der Waals surface area (Å²) in [6, 6.07) is -0.218. The maximum Gasteiger partial charge on any atom is 0.220 e. The van der Waals surface area contributed by atoms with Crippen molar-refractivity contribution < 1.29 is 4.79 Å². The molecule has 3 N–H and O–H groups in total. The highest BCUT2D eigenvalue weighted by Gasteiger charge is 2.18. The minimum Gasteiger partial charge on any atom is -0.392 e. The van der Waals surface area contributed by atoms with Crippen LogP contribution >= 0.6 is 12.2 Å². The van der Waals surface area contributed by atoms with E-state index in [2.05, 4.69) is 33.0 Å². The number of thiocarbonyl (C=S) groups is 1. The van der Waals surface area contributed by atoms with Crippen molar-refractivity contribution in [3.63, 3.8) is 0 Å². The van der Waals surface area contributed by atoms with E-state index < -0.39 is 0 Å². The van der Waals surface area contributed by atoms with Gasteiger partial charge in [-0.1, -0.05) is 39.9 Å². The standard InChI is InChI=1S/C12H24N2OS/c1-8(7-12(3,4)5)6-10(15)14-9(2)11(13)16/h8-9H,6-7H2,1-5H3,(H2,13,16)(H,14,15). The second-order valence-corrected chi connectivity index (χ2v) is 6.24. The van der Waals surface area contributed by atoms with Crippen LogP contribution < -0.4 is 11.1 Å². The molecule has 16 heavy (non-hydrogen) atoms. The molecule has 0 heterocycles. The number of hydrogen-bond donors (Lipinski definition) is 2. The molecule has 0 saturated heterocycles. The maximum absolute atomic E-state index is 11.6. The third kappa shape index (κ3) is 7.63. The van der Waals surface area contributed by atoms with E-state index >= 15 is 0 Å². The van der Waals surface area contributed by atoms with Gasteiger partial charge < -0.3 is 11.1 Å². The van der Waals surface area contributed by atoms with Gasteiger partial charge >= 0.3 is 0 Å². The van der Waals surface area contributed by atoms with E-state index in [1.807, 2.05) is 0 Å². The lowest BCUT2D eigenvalue weighted by atomic mass is 9.84. The molecule has 0 radical (unpaired) electrons. The number of rotatable bonds is 5. The molecule has 2 atom stereocenters. The van der Waals surface area contributed by atoms with Crippen LogP contribution in [0.3, 0.4) is 0 Å². The quantitative estimate of drug-likeness (QED) is 0.729. The molecule has 0 aromatic heterocycles. The summed E-state index contributed by atoms with van der Waals surface area (Å²) >= 11 is 4.80. The van der Waals surface area contributed by atoms with Crippen LogP contribution in [-0.2, 0) is 4.79 Å². The van der Waals surface area contributed by atoms with Crippen LogP contribution in [0.15, 0.2) is 0 Å². The molecular formula is C12H24N2OS. The van der Waals surface area contributed by atoms with Crippen LogP contribution in [0.4, 0.5) is 0 Å². The fraction of sp³-hybridized carbons (Fsp3) is 0.833. The molecule has 0 spiro atoms. The second kappa shape index (κ2) is 6.18. The zero-order valence-corrected chi connectivity index (χ0v) is 11.8. The Hall–Kier alpha value is -0.640. The highest BCUT2D eigenvalue weighted by atomic mass is 32.1. The first-order valence-electron chi connectivity index (χ1n) is 5.70. The van der Waals surface area contributed by atoms with E-state index in [0.29, 0.717) is 17.3 Å². The number of nitrogens with one attached hydrogen (secondary N) is 1. The van der Waals surface area contributed by atoms with Crippen LogP contribution in [0.2, 0.25) is 0 Å². The van der Waals surface area contributed by atoms with E-state index in [1.165, 1.54) is 0 Å². The zero-order valence-electron chi connectivity index (χ0n) is 11.0. The Bertz CT molecular complexity index is 258. The van der Waals surface area contributed by atoms with Gasteiger partial charge in [-0.25, -0.2) is 0 Å². The van der Waals surface area contributed by atoms with Gasteiger partial charge in [-0.15, -0.1) is 0 Å². The van der Waals surface area contributed by atoms with Gasteiger partial charge in [0.25, 0.3) is 0 Å². The summed E-state index contributed by atoms with van der Waals surface area (Å²) < 4.78 is 0. The molecule has 1 amide bonds. The lowest BCUT2D eigenvalue weighted by molar-refractivity contribution is -0.122. The topological polar surface area (TPSA) is 55.1 Å². The molecule has 0 aromatic carbocycles. The Kier molecular flexibility index (Phi) is 5.94. The van der Waals surface area contributed by atoms with Crippen molar-refractivity contribution in [3.05, 3.63) is 0 Å². The summed E-state index contributed by atoms with van der Waals surface area (Å²) in [6.45, 7) is 10.4. The number of nitrogens with two attached hydrogens (primary N) is 1. The highest BCUT2D eigenvalue weighted by Crippen LogP contribution is 2.25. The van der Waals surface area contributed by atoms with E-state index in [9.17, 15) is 4.79 Å². The Balaban J connectivity index is 4.01. The molecule has 3 nitrogen and oxygen atoms in total.